The number of nitrogen functional groups attached to an aromatic ring is 1. The number of methoxy groups -OCH3 is 1. The molecule has 0 fully saturated rings. The summed E-state index contributed by atoms with van der Waals surface area (Å²) in [5.74, 6) is 2.48. The van der Waals surface area contributed by atoms with E-state index >= 15 is 0 Å². The van der Waals surface area contributed by atoms with Gasteiger partial charge < -0.3 is 30.4 Å². The number of unbranched alkanes of at least 4 members (excludes halogenated alkanes) is 12. The van der Waals surface area contributed by atoms with Crippen LogP contribution in [-0.4, -0.2) is 69.8 Å². The second kappa shape index (κ2) is 23.6. The lowest BCUT2D eigenvalue weighted by Gasteiger charge is -2.18. The smallest absolute Gasteiger partial charge is 0.305 e. The molecule has 0 bridgehead atoms. The van der Waals surface area contributed by atoms with Crippen molar-refractivity contribution < 1.29 is 23.4 Å². The highest BCUT2D eigenvalue weighted by atomic mass is 32.2. The molecule has 6 N–H and O–H groups in total. The minimum atomic E-state index is -2.81. The van der Waals surface area contributed by atoms with E-state index in [0.29, 0.717) is 36.6 Å². The summed E-state index contributed by atoms with van der Waals surface area (Å²) >= 11 is 1.96. The maximum absolute atomic E-state index is 12.8. The number of esters is 1. The molecule has 0 aliphatic heterocycles. The van der Waals surface area contributed by atoms with Gasteiger partial charge in [-0.2, -0.15) is 11.8 Å². The Bertz CT molecular complexity index is 1060. The Balaban J connectivity index is 0.00000924. The number of quaternary nitrogens is 1. The Hall–Kier alpha value is -1.72. The lowest BCUT2D eigenvalue weighted by atomic mass is 10.0. The van der Waals surface area contributed by atoms with Gasteiger partial charge in [-0.05, 0) is 37.7 Å². The SMILES string of the molecule is COC(=O)CCCCCCCCCCCCCCCSCCCOP(C)(=O)CO[C@H](C)Cn1cnc2c(N)ncnc21.[NH4+]. The van der Waals surface area contributed by atoms with Gasteiger partial charge in [-0.25, -0.2) is 15.0 Å². The number of fused-ring (bicyclic) bond motifs is 1. The second-order valence-electron chi connectivity index (χ2n) is 11.2. The molecule has 1 unspecified atom stereocenters. The summed E-state index contributed by atoms with van der Waals surface area (Å²) in [4.78, 5) is 23.5. The summed E-state index contributed by atoms with van der Waals surface area (Å²) in [6.45, 7) is 4.59. The number of nitrogens with zero attached hydrogens (tertiary/aromatic N) is 4. The van der Waals surface area contributed by atoms with Gasteiger partial charge >= 0.3 is 5.97 Å². The first-order valence-electron chi connectivity index (χ1n) is 15.7. The number of aromatic nitrogens is 4. The third kappa shape index (κ3) is 18.0. The number of carbonyl (C=O) groups excluding carboxylic acids is 1. The monoisotopic (exact) mass is 645 g/mol. The quantitative estimate of drug-likeness (QED) is 0.0584. The molecule has 0 aromatic carbocycles. The van der Waals surface area contributed by atoms with Crippen LogP contribution in [0.5, 0.6) is 0 Å². The van der Waals surface area contributed by atoms with E-state index in [9.17, 15) is 9.36 Å². The summed E-state index contributed by atoms with van der Waals surface area (Å²) < 4.78 is 30.8. The normalized spacial score (nSPS) is 13.5. The van der Waals surface area contributed by atoms with Crippen molar-refractivity contribution in [3.8, 4) is 0 Å². The molecule has 2 heterocycles. The van der Waals surface area contributed by atoms with Crippen LogP contribution in [0.3, 0.4) is 0 Å². The van der Waals surface area contributed by atoms with Crippen LogP contribution in [0.2, 0.25) is 0 Å². The van der Waals surface area contributed by atoms with Crippen LogP contribution in [0.15, 0.2) is 12.7 Å². The third-order valence-electron chi connectivity index (χ3n) is 7.17. The van der Waals surface area contributed by atoms with Gasteiger partial charge in [0.25, 0.3) is 0 Å². The first-order valence-corrected chi connectivity index (χ1v) is 19.1. The zero-order valence-electron chi connectivity index (χ0n) is 27.1. The van der Waals surface area contributed by atoms with E-state index in [1.165, 1.54) is 89.8 Å². The maximum Gasteiger partial charge on any atom is 0.305 e. The lowest BCUT2D eigenvalue weighted by Crippen LogP contribution is -2.17. The first-order chi connectivity index (χ1) is 20.3. The van der Waals surface area contributed by atoms with Crippen molar-refractivity contribution >= 4 is 42.1 Å². The molecule has 2 atom stereocenters. The van der Waals surface area contributed by atoms with Crippen molar-refractivity contribution in [1.29, 1.82) is 0 Å². The number of carbonyl (C=O) groups is 1. The van der Waals surface area contributed by atoms with Crippen LogP contribution in [-0.2, 0) is 29.9 Å². The number of hydrogen-bond donors (Lipinski definition) is 2. The molecular weight excluding hydrogens is 587 g/mol. The largest absolute Gasteiger partial charge is 0.469 e. The Labute approximate surface area is 263 Å². The van der Waals surface area contributed by atoms with Crippen LogP contribution in [0, 0.1) is 0 Å². The van der Waals surface area contributed by atoms with Gasteiger partial charge in [0.05, 0.1) is 32.7 Å². The lowest BCUT2D eigenvalue weighted by molar-refractivity contribution is -0.140. The van der Waals surface area contributed by atoms with Crippen molar-refractivity contribution in [2.75, 3.05) is 44.0 Å². The van der Waals surface area contributed by atoms with Crippen LogP contribution in [0.4, 0.5) is 5.82 Å². The molecule has 2 aromatic heterocycles. The van der Waals surface area contributed by atoms with E-state index in [1.54, 1.807) is 13.0 Å². The average molecular weight is 646 g/mol. The van der Waals surface area contributed by atoms with E-state index < -0.39 is 7.37 Å². The number of ether oxygens (including phenoxy) is 2. The Morgan fingerprint density at radius 1 is 0.930 bits per heavy atom. The summed E-state index contributed by atoms with van der Waals surface area (Å²) in [5.41, 5.74) is 7.08. The van der Waals surface area contributed by atoms with Crippen LogP contribution < -0.4 is 11.9 Å². The van der Waals surface area contributed by atoms with Gasteiger partial charge in [-0.15, -0.1) is 0 Å². The van der Waals surface area contributed by atoms with E-state index in [2.05, 4.69) is 19.7 Å². The highest BCUT2D eigenvalue weighted by molar-refractivity contribution is 7.99. The standard InChI is InChI=1S/C30H54N5O5PS.H3N/c1-26(22-35-24-34-28-29(31)32-23-33-30(28)35)39-25-41(3,37)40-19-17-21-42-20-16-14-12-10-8-6-4-5-7-9-11-13-15-18-27(36)38-2;/h23-24,26H,4-22,25H2,1-3H3,(H2,31,32,33);1H3/p+1/t26-,41?;/m1./s1. The van der Waals surface area contributed by atoms with Gasteiger partial charge in [-0.3, -0.25) is 9.36 Å². The molecule has 0 saturated carbocycles. The number of nitrogens with two attached hydrogens (primary N) is 1. The van der Waals surface area contributed by atoms with Gasteiger partial charge in [-0.1, -0.05) is 70.6 Å². The molecule has 2 rings (SSSR count). The van der Waals surface area contributed by atoms with Crippen molar-refractivity contribution in [2.45, 2.75) is 116 Å². The van der Waals surface area contributed by atoms with Crippen LogP contribution in [0.1, 0.15) is 103 Å². The fourth-order valence-electron chi connectivity index (χ4n) is 4.70. The van der Waals surface area contributed by atoms with Crippen LogP contribution >= 0.6 is 19.1 Å². The van der Waals surface area contributed by atoms with Gasteiger partial charge in [0.15, 0.2) is 11.5 Å². The molecule has 0 aliphatic carbocycles. The Kier molecular flexibility index (Phi) is 21.6. The molecule has 43 heavy (non-hydrogen) atoms. The summed E-state index contributed by atoms with van der Waals surface area (Å²) in [5, 5.41) is 0. The van der Waals surface area contributed by atoms with Crippen molar-refractivity contribution in [1.82, 2.24) is 25.7 Å². The van der Waals surface area contributed by atoms with Gasteiger partial charge in [0.1, 0.15) is 18.2 Å². The fraction of sp³-hybridized carbons (Fsp3) is 0.800. The van der Waals surface area contributed by atoms with E-state index in [0.717, 1.165) is 25.0 Å². The Morgan fingerprint density at radius 2 is 1.51 bits per heavy atom. The molecule has 13 heteroatoms. The molecule has 2 aromatic rings. The predicted molar refractivity (Wildman–Crippen MR) is 179 cm³/mol. The van der Waals surface area contributed by atoms with Gasteiger partial charge in [0, 0.05) is 13.1 Å². The highest BCUT2D eigenvalue weighted by Gasteiger charge is 2.19. The first kappa shape index (κ1) is 39.3. The number of imidazole rings is 1. The summed E-state index contributed by atoms with van der Waals surface area (Å²) in [7, 11) is -1.35. The van der Waals surface area contributed by atoms with Gasteiger partial charge in [0.2, 0.25) is 7.37 Å². The number of rotatable bonds is 26. The van der Waals surface area contributed by atoms with Crippen molar-refractivity contribution in [2.24, 2.45) is 0 Å². The molecule has 11 nitrogen and oxygen atoms in total. The minimum Gasteiger partial charge on any atom is -0.469 e. The topological polar surface area (TPSA) is 168 Å². The molecule has 0 radical (unpaired) electrons. The van der Waals surface area contributed by atoms with E-state index in [4.69, 9.17) is 15.0 Å². The predicted octanol–water partition coefficient (Wildman–Crippen LogP) is 7.83. The molecule has 0 amide bonds. The summed E-state index contributed by atoms with van der Waals surface area (Å²) in [6, 6.07) is 0. The second-order valence-corrected chi connectivity index (χ2v) is 14.9. The zero-order chi connectivity index (χ0) is 30.5. The average Bonchev–Trinajstić information content (AvgIpc) is 3.38. The highest BCUT2D eigenvalue weighted by Crippen LogP contribution is 2.42. The third-order valence-corrected chi connectivity index (χ3v) is 9.67. The Morgan fingerprint density at radius 3 is 2.14 bits per heavy atom. The molecule has 0 saturated heterocycles. The van der Waals surface area contributed by atoms with Crippen molar-refractivity contribution in [3.05, 3.63) is 12.7 Å². The summed E-state index contributed by atoms with van der Waals surface area (Å²) in [6.07, 6.45) is 21.0. The molecule has 248 valence electrons. The van der Waals surface area contributed by atoms with E-state index in [-0.39, 0.29) is 24.6 Å². The minimum absolute atomic E-state index is 0. The number of thioether (sulfide) groups is 1. The zero-order valence-corrected chi connectivity index (χ0v) is 28.8. The maximum atomic E-state index is 12.8. The van der Waals surface area contributed by atoms with E-state index in [1.807, 2.05) is 23.3 Å². The number of anilines is 1. The molecule has 0 aliphatic rings. The fourth-order valence-corrected chi connectivity index (χ4v) is 6.75. The van der Waals surface area contributed by atoms with Crippen molar-refractivity contribution in [3.63, 3.8) is 0 Å². The molecule has 0 spiro atoms. The molecular formula is C30H58N6O5PS+. The number of hydrogen-bond acceptors (Lipinski definition) is 10. The van der Waals surface area contributed by atoms with Crippen LogP contribution in [0.25, 0.3) is 11.2 Å².